The predicted octanol–water partition coefficient (Wildman–Crippen LogP) is 5.23. The zero-order chi connectivity index (χ0) is 19.6. The number of nitrogens with zero attached hydrogens (tertiary/aromatic N) is 2. The topological polar surface area (TPSA) is 51.7 Å². The fourth-order valence-electron chi connectivity index (χ4n) is 2.60. The number of aromatic nitrogens is 1. The van der Waals surface area contributed by atoms with Crippen LogP contribution in [0.25, 0.3) is 10.2 Å². The van der Waals surface area contributed by atoms with E-state index in [2.05, 4.69) is 31.8 Å². The van der Waals surface area contributed by atoms with E-state index in [1.165, 1.54) is 4.90 Å². The van der Waals surface area contributed by atoms with Gasteiger partial charge >= 0.3 is 6.09 Å². The molecule has 142 valence electrons. The molecule has 0 saturated carbocycles. The van der Waals surface area contributed by atoms with Crippen molar-refractivity contribution in [2.75, 3.05) is 14.1 Å². The minimum Gasteiger partial charge on any atom is -0.486 e. The lowest BCUT2D eigenvalue weighted by molar-refractivity contribution is 0.171. The average Bonchev–Trinajstić information content (AvgIpc) is 3.02. The van der Waals surface area contributed by atoms with Crippen molar-refractivity contribution in [3.8, 4) is 11.5 Å². The lowest BCUT2D eigenvalue weighted by Crippen LogP contribution is -2.25. The molecule has 0 aliphatic rings. The van der Waals surface area contributed by atoms with Crippen LogP contribution in [0.3, 0.4) is 0 Å². The number of benzene rings is 2. The summed E-state index contributed by atoms with van der Waals surface area (Å²) < 4.78 is 12.6. The standard InChI is InChI=1S/C21H24N2O3S/c1-21(2,3)15-12-14(26-20(24)23(4)5)10-11-17(15)25-13-19-22-16-8-6-7-9-18(16)27-19/h6-12H,13H2,1-5H3. The highest BCUT2D eigenvalue weighted by Crippen LogP contribution is 2.35. The van der Waals surface area contributed by atoms with Crippen LogP contribution in [0.5, 0.6) is 11.5 Å². The van der Waals surface area contributed by atoms with E-state index in [1.807, 2.05) is 30.3 Å². The van der Waals surface area contributed by atoms with Crippen LogP contribution in [0, 0.1) is 0 Å². The number of rotatable bonds is 4. The minimum atomic E-state index is -0.405. The Hall–Kier alpha value is -2.60. The first-order valence-electron chi connectivity index (χ1n) is 8.75. The lowest BCUT2D eigenvalue weighted by atomic mass is 9.86. The summed E-state index contributed by atoms with van der Waals surface area (Å²) in [6.45, 7) is 6.71. The van der Waals surface area contributed by atoms with Gasteiger partial charge in [-0.05, 0) is 35.7 Å². The van der Waals surface area contributed by atoms with Gasteiger partial charge in [0.05, 0.1) is 10.2 Å². The largest absolute Gasteiger partial charge is 0.486 e. The Morgan fingerprint density at radius 2 is 1.89 bits per heavy atom. The maximum atomic E-state index is 11.8. The molecule has 0 aliphatic heterocycles. The molecule has 3 aromatic rings. The second kappa shape index (κ2) is 7.56. The van der Waals surface area contributed by atoms with Crippen molar-refractivity contribution in [3.05, 3.63) is 53.0 Å². The van der Waals surface area contributed by atoms with E-state index in [1.54, 1.807) is 31.5 Å². The van der Waals surface area contributed by atoms with E-state index in [0.717, 1.165) is 26.5 Å². The van der Waals surface area contributed by atoms with Gasteiger partial charge in [0.15, 0.2) is 0 Å². The van der Waals surface area contributed by atoms with Crippen molar-refractivity contribution in [1.82, 2.24) is 9.88 Å². The molecule has 0 saturated heterocycles. The summed E-state index contributed by atoms with van der Waals surface area (Å²) in [5.74, 6) is 1.28. The predicted molar refractivity (Wildman–Crippen MR) is 109 cm³/mol. The van der Waals surface area contributed by atoms with Crippen molar-refractivity contribution in [2.45, 2.75) is 32.8 Å². The molecule has 27 heavy (non-hydrogen) atoms. The van der Waals surface area contributed by atoms with E-state index in [-0.39, 0.29) is 5.41 Å². The number of para-hydroxylation sites is 1. The zero-order valence-electron chi connectivity index (χ0n) is 16.3. The molecule has 0 radical (unpaired) electrons. The van der Waals surface area contributed by atoms with Crippen LogP contribution in [-0.2, 0) is 12.0 Å². The van der Waals surface area contributed by atoms with Crippen LogP contribution in [0.15, 0.2) is 42.5 Å². The fraction of sp³-hybridized carbons (Fsp3) is 0.333. The third kappa shape index (κ3) is 4.57. The summed E-state index contributed by atoms with van der Waals surface area (Å²) in [6.07, 6.45) is -0.405. The van der Waals surface area contributed by atoms with Gasteiger partial charge in [-0.15, -0.1) is 11.3 Å². The van der Waals surface area contributed by atoms with Crippen LogP contribution < -0.4 is 9.47 Å². The third-order valence-corrected chi connectivity index (χ3v) is 5.03. The van der Waals surface area contributed by atoms with Crippen LogP contribution in [0.2, 0.25) is 0 Å². The molecular weight excluding hydrogens is 360 g/mol. The van der Waals surface area contributed by atoms with E-state index < -0.39 is 6.09 Å². The number of hydrogen-bond donors (Lipinski definition) is 0. The molecule has 0 aliphatic carbocycles. The van der Waals surface area contributed by atoms with Gasteiger partial charge in [0.1, 0.15) is 23.1 Å². The van der Waals surface area contributed by atoms with Crippen LogP contribution in [-0.4, -0.2) is 30.1 Å². The molecule has 1 amide bonds. The number of fused-ring (bicyclic) bond motifs is 1. The van der Waals surface area contributed by atoms with Crippen molar-refractivity contribution in [3.63, 3.8) is 0 Å². The molecule has 5 nitrogen and oxygen atoms in total. The molecule has 0 N–H and O–H groups in total. The summed E-state index contributed by atoms with van der Waals surface area (Å²) in [4.78, 5) is 17.8. The Labute approximate surface area is 163 Å². The summed E-state index contributed by atoms with van der Waals surface area (Å²) in [5.41, 5.74) is 1.81. The summed E-state index contributed by atoms with van der Waals surface area (Å²) in [5, 5.41) is 0.930. The summed E-state index contributed by atoms with van der Waals surface area (Å²) in [6, 6.07) is 13.5. The molecule has 0 atom stereocenters. The highest BCUT2D eigenvalue weighted by atomic mass is 32.1. The summed E-state index contributed by atoms with van der Waals surface area (Å²) in [7, 11) is 3.31. The quantitative estimate of drug-likeness (QED) is 0.618. The van der Waals surface area contributed by atoms with E-state index >= 15 is 0 Å². The lowest BCUT2D eigenvalue weighted by Gasteiger charge is -2.23. The fourth-order valence-corrected chi connectivity index (χ4v) is 3.48. The molecule has 3 rings (SSSR count). The van der Waals surface area contributed by atoms with Gasteiger partial charge in [0.25, 0.3) is 0 Å². The Kier molecular flexibility index (Phi) is 5.37. The van der Waals surface area contributed by atoms with Crippen LogP contribution >= 0.6 is 11.3 Å². The monoisotopic (exact) mass is 384 g/mol. The maximum absolute atomic E-state index is 11.8. The smallest absolute Gasteiger partial charge is 0.414 e. The van der Waals surface area contributed by atoms with Crippen LogP contribution in [0.1, 0.15) is 31.3 Å². The average molecular weight is 385 g/mol. The molecule has 2 aromatic carbocycles. The van der Waals surface area contributed by atoms with Gasteiger partial charge in [0, 0.05) is 19.7 Å². The zero-order valence-corrected chi connectivity index (χ0v) is 17.1. The first-order chi connectivity index (χ1) is 12.7. The molecule has 0 unspecified atom stereocenters. The molecule has 0 fully saturated rings. The van der Waals surface area contributed by atoms with Crippen molar-refractivity contribution < 1.29 is 14.3 Å². The van der Waals surface area contributed by atoms with E-state index in [9.17, 15) is 4.79 Å². The second-order valence-corrected chi connectivity index (χ2v) is 8.65. The molecule has 1 heterocycles. The number of amides is 1. The van der Waals surface area contributed by atoms with Crippen molar-refractivity contribution >= 4 is 27.6 Å². The normalized spacial score (nSPS) is 11.4. The Morgan fingerprint density at radius 1 is 1.15 bits per heavy atom. The third-order valence-electron chi connectivity index (χ3n) is 4.02. The van der Waals surface area contributed by atoms with Gasteiger partial charge < -0.3 is 14.4 Å². The second-order valence-electron chi connectivity index (χ2n) is 7.53. The van der Waals surface area contributed by atoms with Gasteiger partial charge in [-0.3, -0.25) is 0 Å². The molecule has 1 aromatic heterocycles. The molecule has 6 heteroatoms. The number of carbonyl (C=O) groups is 1. The Balaban J connectivity index is 1.82. The number of carbonyl (C=O) groups excluding carboxylic acids is 1. The van der Waals surface area contributed by atoms with Gasteiger partial charge in [-0.25, -0.2) is 9.78 Å². The highest BCUT2D eigenvalue weighted by Gasteiger charge is 2.21. The minimum absolute atomic E-state index is 0.163. The van der Waals surface area contributed by atoms with Gasteiger partial charge in [0.2, 0.25) is 0 Å². The SMILES string of the molecule is CN(C)C(=O)Oc1ccc(OCc2nc3ccccc3s2)c(C(C)(C)C)c1. The first-order valence-corrected chi connectivity index (χ1v) is 9.56. The molecular formula is C21H24N2O3S. The summed E-state index contributed by atoms with van der Waals surface area (Å²) >= 11 is 1.63. The van der Waals surface area contributed by atoms with Crippen LogP contribution in [0.4, 0.5) is 4.79 Å². The number of ether oxygens (including phenoxy) is 2. The highest BCUT2D eigenvalue weighted by molar-refractivity contribution is 7.18. The number of hydrogen-bond acceptors (Lipinski definition) is 5. The van der Waals surface area contributed by atoms with E-state index in [0.29, 0.717) is 12.4 Å². The van der Waals surface area contributed by atoms with Gasteiger partial charge in [-0.1, -0.05) is 32.9 Å². The number of thiazole rings is 1. The molecule has 0 bridgehead atoms. The maximum Gasteiger partial charge on any atom is 0.414 e. The first kappa shape index (κ1) is 19.2. The van der Waals surface area contributed by atoms with Gasteiger partial charge in [-0.2, -0.15) is 0 Å². The van der Waals surface area contributed by atoms with E-state index in [4.69, 9.17) is 9.47 Å². The molecule has 0 spiro atoms. The van der Waals surface area contributed by atoms with Crippen molar-refractivity contribution in [1.29, 1.82) is 0 Å². The Bertz CT molecular complexity index is 924. The van der Waals surface area contributed by atoms with Crippen molar-refractivity contribution in [2.24, 2.45) is 0 Å². The Morgan fingerprint density at radius 3 is 2.56 bits per heavy atom.